The molecule has 0 saturated carbocycles. The molecule has 1 aromatic rings. The van der Waals surface area contributed by atoms with E-state index in [1.54, 1.807) is 0 Å². The second-order valence-corrected chi connectivity index (χ2v) is 5.89. The summed E-state index contributed by atoms with van der Waals surface area (Å²) in [7, 11) is 0. The average molecular weight is 279 g/mol. The van der Waals surface area contributed by atoms with Gasteiger partial charge in [0.1, 0.15) is 12.3 Å². The summed E-state index contributed by atoms with van der Waals surface area (Å²) in [5.74, 6) is 0. The Bertz CT molecular complexity index is 455. The minimum atomic E-state index is -0.984. The van der Waals surface area contributed by atoms with E-state index in [0.717, 1.165) is 5.56 Å². The zero-order valence-electron chi connectivity index (χ0n) is 12.1. The smallest absolute Gasteiger partial charge is 0.412 e. The molecule has 2 atom stereocenters. The lowest BCUT2D eigenvalue weighted by molar-refractivity contribution is -0.0671. The van der Waals surface area contributed by atoms with Crippen LogP contribution in [-0.2, 0) is 15.9 Å². The van der Waals surface area contributed by atoms with Gasteiger partial charge in [-0.3, -0.25) is 4.90 Å². The molecule has 1 saturated heterocycles. The van der Waals surface area contributed by atoms with Gasteiger partial charge in [0.15, 0.2) is 6.29 Å². The zero-order chi connectivity index (χ0) is 14.8. The first-order valence-corrected chi connectivity index (χ1v) is 6.70. The van der Waals surface area contributed by atoms with Crippen molar-refractivity contribution < 1.29 is 19.4 Å². The Hall–Kier alpha value is -1.59. The van der Waals surface area contributed by atoms with Crippen molar-refractivity contribution >= 4 is 6.09 Å². The fraction of sp³-hybridized carbons (Fsp3) is 0.533. The average Bonchev–Trinajstić information content (AvgIpc) is 2.70. The summed E-state index contributed by atoms with van der Waals surface area (Å²) in [6, 6.07) is 9.27. The van der Waals surface area contributed by atoms with E-state index in [1.165, 1.54) is 4.90 Å². The molecule has 1 aromatic carbocycles. The van der Waals surface area contributed by atoms with Crippen molar-refractivity contribution in [1.82, 2.24) is 4.90 Å². The molecule has 0 bridgehead atoms. The van der Waals surface area contributed by atoms with Crippen molar-refractivity contribution in [1.29, 1.82) is 0 Å². The van der Waals surface area contributed by atoms with Crippen LogP contribution in [0.3, 0.4) is 0 Å². The molecule has 110 valence electrons. The maximum Gasteiger partial charge on any atom is 0.412 e. The Morgan fingerprint density at radius 2 is 2.05 bits per heavy atom. The Kier molecular flexibility index (Phi) is 4.30. The second kappa shape index (κ2) is 5.81. The van der Waals surface area contributed by atoms with E-state index in [-0.39, 0.29) is 6.73 Å². The summed E-state index contributed by atoms with van der Waals surface area (Å²) in [6.45, 7) is 5.48. The van der Waals surface area contributed by atoms with Gasteiger partial charge in [0.2, 0.25) is 0 Å². The van der Waals surface area contributed by atoms with Crippen molar-refractivity contribution in [3.8, 4) is 0 Å². The van der Waals surface area contributed by atoms with Gasteiger partial charge in [-0.25, -0.2) is 4.79 Å². The van der Waals surface area contributed by atoms with Gasteiger partial charge < -0.3 is 14.6 Å². The third-order valence-corrected chi connectivity index (χ3v) is 3.03. The van der Waals surface area contributed by atoms with Gasteiger partial charge in [-0.05, 0) is 32.8 Å². The third-order valence-electron chi connectivity index (χ3n) is 3.03. The van der Waals surface area contributed by atoms with E-state index in [4.69, 9.17) is 9.47 Å². The number of rotatable bonds is 2. The van der Waals surface area contributed by atoms with Gasteiger partial charge in [-0.15, -0.1) is 0 Å². The summed E-state index contributed by atoms with van der Waals surface area (Å²) in [5, 5.41) is 9.90. The van der Waals surface area contributed by atoms with Crippen LogP contribution in [0.4, 0.5) is 4.79 Å². The summed E-state index contributed by atoms with van der Waals surface area (Å²) in [4.78, 5) is 13.6. The summed E-state index contributed by atoms with van der Waals surface area (Å²) >= 11 is 0. The monoisotopic (exact) mass is 279 g/mol. The largest absolute Gasteiger partial charge is 0.444 e. The van der Waals surface area contributed by atoms with Gasteiger partial charge in [0, 0.05) is 0 Å². The van der Waals surface area contributed by atoms with E-state index in [9.17, 15) is 9.90 Å². The number of nitrogens with zero attached hydrogens (tertiary/aromatic N) is 1. The molecule has 1 heterocycles. The number of benzene rings is 1. The number of hydrogen-bond acceptors (Lipinski definition) is 4. The van der Waals surface area contributed by atoms with Crippen LogP contribution in [0.1, 0.15) is 26.3 Å². The molecule has 5 nitrogen and oxygen atoms in total. The standard InChI is InChI=1S/C15H21NO4/c1-15(2,3)20-14(18)16-10-19-13(17)12(16)9-11-7-5-4-6-8-11/h4-8,12-13,17H,9-10H2,1-3H3/t12-,13?/m0/s1. The van der Waals surface area contributed by atoms with Crippen molar-refractivity contribution in [2.75, 3.05) is 6.73 Å². The number of hydrogen-bond donors (Lipinski definition) is 1. The van der Waals surface area contributed by atoms with E-state index in [2.05, 4.69) is 0 Å². The molecule has 0 aromatic heterocycles. The molecular formula is C15H21NO4. The number of carbonyl (C=O) groups excluding carboxylic acids is 1. The summed E-state index contributed by atoms with van der Waals surface area (Å²) in [5.41, 5.74) is 0.470. The van der Waals surface area contributed by atoms with Crippen LogP contribution in [0.2, 0.25) is 0 Å². The first-order chi connectivity index (χ1) is 9.37. The molecule has 1 fully saturated rings. The molecule has 0 spiro atoms. The number of aliphatic hydroxyl groups is 1. The maximum absolute atomic E-state index is 12.1. The lowest BCUT2D eigenvalue weighted by atomic mass is 10.1. The van der Waals surface area contributed by atoms with Gasteiger partial charge in [0.25, 0.3) is 0 Å². The molecule has 1 aliphatic rings. The molecule has 1 N–H and O–H groups in total. The van der Waals surface area contributed by atoms with E-state index in [1.807, 2.05) is 51.1 Å². The van der Waals surface area contributed by atoms with Gasteiger partial charge in [-0.2, -0.15) is 0 Å². The quantitative estimate of drug-likeness (QED) is 0.901. The molecule has 20 heavy (non-hydrogen) atoms. The molecule has 0 aliphatic carbocycles. The SMILES string of the molecule is CC(C)(C)OC(=O)N1COC(O)[C@@H]1Cc1ccccc1. The minimum absolute atomic E-state index is 0.0492. The minimum Gasteiger partial charge on any atom is -0.444 e. The Morgan fingerprint density at radius 3 is 2.65 bits per heavy atom. The van der Waals surface area contributed by atoms with Crippen molar-refractivity contribution in [2.45, 2.75) is 45.1 Å². The highest BCUT2D eigenvalue weighted by atomic mass is 16.6. The van der Waals surface area contributed by atoms with Crippen LogP contribution in [0.5, 0.6) is 0 Å². The molecule has 1 unspecified atom stereocenters. The van der Waals surface area contributed by atoms with Crippen molar-refractivity contribution in [3.05, 3.63) is 35.9 Å². The van der Waals surface area contributed by atoms with Crippen LogP contribution < -0.4 is 0 Å². The summed E-state index contributed by atoms with van der Waals surface area (Å²) in [6.07, 6.45) is -0.918. The van der Waals surface area contributed by atoms with Gasteiger partial charge >= 0.3 is 6.09 Å². The first-order valence-electron chi connectivity index (χ1n) is 6.70. The highest BCUT2D eigenvalue weighted by Crippen LogP contribution is 2.22. The predicted octanol–water partition coefficient (Wildman–Crippen LogP) is 2.14. The topological polar surface area (TPSA) is 59.0 Å². The Morgan fingerprint density at radius 1 is 1.40 bits per heavy atom. The van der Waals surface area contributed by atoms with Gasteiger partial charge in [0.05, 0.1) is 6.04 Å². The van der Waals surface area contributed by atoms with E-state index >= 15 is 0 Å². The van der Waals surface area contributed by atoms with E-state index < -0.39 is 24.0 Å². The molecule has 1 aliphatic heterocycles. The predicted molar refractivity (Wildman–Crippen MR) is 74.0 cm³/mol. The van der Waals surface area contributed by atoms with Crippen LogP contribution in [0, 0.1) is 0 Å². The normalized spacial score (nSPS) is 22.9. The summed E-state index contributed by atoms with van der Waals surface area (Å²) < 4.78 is 10.5. The molecular weight excluding hydrogens is 258 g/mol. The zero-order valence-corrected chi connectivity index (χ0v) is 12.1. The van der Waals surface area contributed by atoms with Crippen molar-refractivity contribution in [2.24, 2.45) is 0 Å². The number of ether oxygens (including phenoxy) is 2. The molecule has 2 rings (SSSR count). The first kappa shape index (κ1) is 14.8. The van der Waals surface area contributed by atoms with Crippen LogP contribution in [0.25, 0.3) is 0 Å². The molecule has 0 radical (unpaired) electrons. The number of amides is 1. The van der Waals surface area contributed by atoms with Crippen LogP contribution in [-0.4, -0.2) is 40.8 Å². The Labute approximate surface area is 119 Å². The third kappa shape index (κ3) is 3.71. The Balaban J connectivity index is 2.07. The second-order valence-electron chi connectivity index (χ2n) is 5.89. The van der Waals surface area contributed by atoms with Crippen molar-refractivity contribution in [3.63, 3.8) is 0 Å². The maximum atomic E-state index is 12.1. The molecule has 1 amide bonds. The van der Waals surface area contributed by atoms with Crippen LogP contribution >= 0.6 is 0 Å². The van der Waals surface area contributed by atoms with E-state index in [0.29, 0.717) is 6.42 Å². The van der Waals surface area contributed by atoms with Crippen LogP contribution in [0.15, 0.2) is 30.3 Å². The lowest BCUT2D eigenvalue weighted by Gasteiger charge is -2.27. The fourth-order valence-electron chi connectivity index (χ4n) is 2.09. The number of aliphatic hydroxyl groups excluding tert-OH is 1. The fourth-order valence-corrected chi connectivity index (χ4v) is 2.09. The lowest BCUT2D eigenvalue weighted by Crippen LogP contribution is -2.43. The molecule has 5 heteroatoms. The highest BCUT2D eigenvalue weighted by molar-refractivity contribution is 5.68. The number of carbonyl (C=O) groups is 1. The highest BCUT2D eigenvalue weighted by Gasteiger charge is 2.39. The van der Waals surface area contributed by atoms with Gasteiger partial charge in [-0.1, -0.05) is 30.3 Å².